The van der Waals surface area contributed by atoms with Gasteiger partial charge in [-0.3, -0.25) is 4.99 Å². The largest absolute Gasteiger partial charge is 0.398 e. The third-order valence-electron chi connectivity index (χ3n) is 11.5. The maximum atomic E-state index is 9.47. The number of nitrogens with zero attached hydrogens (tertiary/aromatic N) is 3. The lowest BCUT2D eigenvalue weighted by molar-refractivity contribution is 0.769. The Bertz CT molecular complexity index is 3050. The molecule has 9 aromatic rings. The Morgan fingerprint density at radius 1 is 0.569 bits per heavy atom. The number of rotatable bonds is 8. The van der Waals surface area contributed by atoms with Crippen molar-refractivity contribution in [2.45, 2.75) is 12.0 Å². The number of allylic oxidation sites excluding steroid dienone is 1. The van der Waals surface area contributed by atoms with E-state index in [1.807, 2.05) is 48.5 Å². The van der Waals surface area contributed by atoms with Gasteiger partial charge in [0.2, 0.25) is 0 Å². The van der Waals surface area contributed by atoms with E-state index in [0.29, 0.717) is 17.8 Å². The monoisotopic (exact) mass is 742 g/mol. The van der Waals surface area contributed by atoms with Crippen LogP contribution in [0.2, 0.25) is 0 Å². The van der Waals surface area contributed by atoms with Crippen LogP contribution in [0.25, 0.3) is 44.3 Å². The third-order valence-corrected chi connectivity index (χ3v) is 11.5. The summed E-state index contributed by atoms with van der Waals surface area (Å²) in [5.74, 6) is 0. The van der Waals surface area contributed by atoms with Crippen LogP contribution in [-0.4, -0.2) is 10.3 Å². The van der Waals surface area contributed by atoms with E-state index in [1.165, 1.54) is 44.2 Å². The highest BCUT2D eigenvalue weighted by molar-refractivity contribution is 6.13. The molecule has 4 heteroatoms. The first-order valence-electron chi connectivity index (χ1n) is 19.6. The van der Waals surface area contributed by atoms with Crippen molar-refractivity contribution in [2.75, 3.05) is 0 Å². The second-order valence-corrected chi connectivity index (χ2v) is 14.8. The van der Waals surface area contributed by atoms with Gasteiger partial charge < -0.3 is 10.3 Å². The summed E-state index contributed by atoms with van der Waals surface area (Å²) in [6.45, 7) is 0.455. The van der Waals surface area contributed by atoms with Crippen molar-refractivity contribution in [1.29, 1.82) is 5.26 Å². The van der Waals surface area contributed by atoms with Crippen molar-refractivity contribution in [3.63, 3.8) is 0 Å². The van der Waals surface area contributed by atoms with Gasteiger partial charge in [-0.15, -0.1) is 0 Å². The van der Waals surface area contributed by atoms with Crippen LogP contribution in [0.5, 0.6) is 0 Å². The second-order valence-electron chi connectivity index (χ2n) is 14.8. The number of benzene rings is 8. The highest BCUT2D eigenvalue weighted by atomic mass is 15.0. The maximum Gasteiger partial charge on any atom is 0.0991 e. The molecule has 0 unspecified atom stereocenters. The number of hydrogen-bond donors (Lipinski definition) is 1. The van der Waals surface area contributed by atoms with Crippen molar-refractivity contribution in [2.24, 2.45) is 10.7 Å². The molecule has 1 aliphatic rings. The smallest absolute Gasteiger partial charge is 0.0991 e. The summed E-state index contributed by atoms with van der Waals surface area (Å²) >= 11 is 0. The molecule has 0 atom stereocenters. The predicted molar refractivity (Wildman–Crippen MR) is 238 cm³/mol. The van der Waals surface area contributed by atoms with Crippen LogP contribution in [0.4, 0.5) is 0 Å². The minimum Gasteiger partial charge on any atom is -0.398 e. The first kappa shape index (κ1) is 34.7. The average molecular weight is 743 g/mol. The predicted octanol–water partition coefficient (Wildman–Crippen LogP) is 12.0. The minimum absolute atomic E-state index is 0.455. The molecule has 0 bridgehead atoms. The quantitative estimate of drug-likeness (QED) is 0.158. The minimum atomic E-state index is -0.476. The Morgan fingerprint density at radius 3 is 1.98 bits per heavy atom. The van der Waals surface area contributed by atoms with Crippen LogP contribution in [0, 0.1) is 11.3 Å². The Labute approximate surface area is 338 Å². The number of aliphatic imine (C=N–C) groups is 1. The molecule has 8 aromatic carbocycles. The van der Waals surface area contributed by atoms with Gasteiger partial charge in [-0.2, -0.15) is 5.26 Å². The standard InChI is InChI=1S/C54H38N4/c55-35-37-16-14-20-40(30-37)50(56)34-51(39-18-4-1-5-19-39)57-36-38-17-15-25-43(31-38)58-52-29-13-11-27-45(52)47-32-49-46(33-53(47)58)44-26-10-12-28-48(44)54(49,41-21-6-2-7-22-41)42-23-8-3-9-24-42/h1-34H,36,56H2. The lowest BCUT2D eigenvalue weighted by Crippen LogP contribution is -2.28. The summed E-state index contributed by atoms with van der Waals surface area (Å²) < 4.78 is 2.41. The molecule has 0 saturated heterocycles. The van der Waals surface area contributed by atoms with Crippen molar-refractivity contribution in [3.8, 4) is 22.9 Å². The van der Waals surface area contributed by atoms with Gasteiger partial charge in [0.25, 0.3) is 0 Å². The van der Waals surface area contributed by atoms with E-state index in [2.05, 4.69) is 156 Å². The summed E-state index contributed by atoms with van der Waals surface area (Å²) in [6.07, 6.45) is 1.91. The highest BCUT2D eigenvalue weighted by Gasteiger charge is 2.46. The molecule has 0 fully saturated rings. The van der Waals surface area contributed by atoms with E-state index in [0.717, 1.165) is 39.1 Å². The lowest BCUT2D eigenvalue weighted by atomic mass is 9.67. The van der Waals surface area contributed by atoms with Crippen LogP contribution < -0.4 is 5.73 Å². The average Bonchev–Trinajstić information content (AvgIpc) is 3.78. The molecular weight excluding hydrogens is 705 g/mol. The summed E-state index contributed by atoms with van der Waals surface area (Å²) in [7, 11) is 0. The van der Waals surface area contributed by atoms with Crippen molar-refractivity contribution < 1.29 is 0 Å². The first-order chi connectivity index (χ1) is 28.6. The van der Waals surface area contributed by atoms with E-state index >= 15 is 0 Å². The molecule has 0 spiro atoms. The topological polar surface area (TPSA) is 67.1 Å². The number of nitrogens with two attached hydrogens (primary N) is 1. The van der Waals surface area contributed by atoms with Crippen LogP contribution >= 0.6 is 0 Å². The number of fused-ring (bicyclic) bond motifs is 6. The number of para-hydroxylation sites is 1. The third kappa shape index (κ3) is 5.72. The first-order valence-corrected chi connectivity index (χ1v) is 19.6. The van der Waals surface area contributed by atoms with E-state index in [4.69, 9.17) is 10.7 Å². The van der Waals surface area contributed by atoms with Gasteiger partial charge in [-0.05, 0) is 98.6 Å². The van der Waals surface area contributed by atoms with Gasteiger partial charge in [0.05, 0.1) is 40.3 Å². The fourth-order valence-corrected chi connectivity index (χ4v) is 8.98. The Morgan fingerprint density at radius 2 is 1.22 bits per heavy atom. The molecule has 1 heterocycles. The molecule has 58 heavy (non-hydrogen) atoms. The molecule has 0 saturated carbocycles. The maximum absolute atomic E-state index is 9.47. The fraction of sp³-hybridized carbons (Fsp3) is 0.0370. The van der Waals surface area contributed by atoms with Gasteiger partial charge in [0.1, 0.15) is 0 Å². The van der Waals surface area contributed by atoms with Gasteiger partial charge in [0.15, 0.2) is 0 Å². The Balaban J connectivity index is 1.13. The SMILES string of the molecule is N#Cc1cccc(C(N)=CC(=NCc2cccc(-n3c4ccccc4c4cc5c(cc43)-c3ccccc3C5(c3ccccc3)c3ccccc3)c2)c2ccccc2)c1. The molecular formula is C54H38N4. The Kier molecular flexibility index (Phi) is 8.62. The summed E-state index contributed by atoms with van der Waals surface area (Å²) in [5.41, 5.74) is 21.9. The van der Waals surface area contributed by atoms with Crippen LogP contribution in [0.3, 0.4) is 0 Å². The lowest BCUT2D eigenvalue weighted by Gasteiger charge is -2.33. The molecule has 274 valence electrons. The molecule has 0 radical (unpaired) electrons. The van der Waals surface area contributed by atoms with E-state index in [9.17, 15) is 5.26 Å². The normalized spacial score (nSPS) is 13.3. The summed E-state index contributed by atoms with van der Waals surface area (Å²) in [6, 6.07) is 72.9. The highest BCUT2D eigenvalue weighted by Crippen LogP contribution is 2.57. The van der Waals surface area contributed by atoms with Gasteiger partial charge >= 0.3 is 0 Å². The number of nitriles is 1. The van der Waals surface area contributed by atoms with Crippen molar-refractivity contribution in [1.82, 2.24) is 4.57 Å². The molecule has 0 aliphatic heterocycles. The summed E-state index contributed by atoms with van der Waals surface area (Å²) in [5, 5.41) is 11.9. The second kappa shape index (κ2) is 14.4. The van der Waals surface area contributed by atoms with Gasteiger partial charge in [-0.25, -0.2) is 0 Å². The molecule has 0 amide bonds. The molecule has 1 aromatic heterocycles. The fourth-order valence-electron chi connectivity index (χ4n) is 8.98. The zero-order valence-corrected chi connectivity index (χ0v) is 31.8. The van der Waals surface area contributed by atoms with E-state index in [-0.39, 0.29) is 0 Å². The van der Waals surface area contributed by atoms with Crippen LogP contribution in [0.1, 0.15) is 44.5 Å². The number of hydrogen-bond acceptors (Lipinski definition) is 3. The van der Waals surface area contributed by atoms with Crippen molar-refractivity contribution >= 4 is 33.2 Å². The molecule has 1 aliphatic carbocycles. The zero-order chi connectivity index (χ0) is 39.1. The molecule has 10 rings (SSSR count). The van der Waals surface area contributed by atoms with Crippen molar-refractivity contribution in [3.05, 3.63) is 251 Å². The molecule has 4 nitrogen and oxygen atoms in total. The van der Waals surface area contributed by atoms with Gasteiger partial charge in [0, 0.05) is 22.2 Å². The van der Waals surface area contributed by atoms with E-state index in [1.54, 1.807) is 12.1 Å². The van der Waals surface area contributed by atoms with E-state index < -0.39 is 5.41 Å². The summed E-state index contributed by atoms with van der Waals surface area (Å²) in [4.78, 5) is 5.15. The molecule has 2 N–H and O–H groups in total. The van der Waals surface area contributed by atoms with Crippen LogP contribution in [-0.2, 0) is 12.0 Å². The Hall–Kier alpha value is -7.74. The van der Waals surface area contributed by atoms with Crippen LogP contribution in [0.15, 0.2) is 211 Å². The van der Waals surface area contributed by atoms with Gasteiger partial charge in [-0.1, -0.05) is 158 Å². The zero-order valence-electron chi connectivity index (χ0n) is 31.8. The number of aromatic nitrogens is 1.